The Labute approximate surface area is 107 Å². The number of rotatable bonds is 2. The van der Waals surface area contributed by atoms with Crippen molar-refractivity contribution in [1.29, 1.82) is 0 Å². The van der Waals surface area contributed by atoms with E-state index in [1.165, 1.54) is 6.08 Å². The fourth-order valence-electron chi connectivity index (χ4n) is 1.41. The smallest absolute Gasteiger partial charge is 0.328 e. The number of aliphatic carboxylic acids is 1. The first-order valence-corrected chi connectivity index (χ1v) is 5.49. The lowest BCUT2D eigenvalue weighted by atomic mass is 10.2. The molecule has 0 spiro atoms. The number of hydrogen-bond acceptors (Lipinski definition) is 2. The van der Waals surface area contributed by atoms with E-state index in [9.17, 15) is 4.79 Å². The topological polar surface area (TPSA) is 50.2 Å². The maximum atomic E-state index is 10.4. The summed E-state index contributed by atoms with van der Waals surface area (Å²) in [5, 5.41) is 10.3. The summed E-state index contributed by atoms with van der Waals surface area (Å²) in [6.45, 7) is 0. The van der Waals surface area contributed by atoms with Gasteiger partial charge in [-0.15, -0.1) is 0 Å². The summed E-state index contributed by atoms with van der Waals surface area (Å²) in [4.78, 5) is 14.6. The van der Waals surface area contributed by atoms with Gasteiger partial charge in [0.2, 0.25) is 0 Å². The lowest BCUT2D eigenvalue weighted by molar-refractivity contribution is -0.131. The van der Waals surface area contributed by atoms with Crippen LogP contribution in [0.2, 0.25) is 10.0 Å². The van der Waals surface area contributed by atoms with Crippen LogP contribution in [0, 0.1) is 0 Å². The standard InChI is InChI=1S/C12H7Cl2NO2/c13-9-4-5-10(14)12-8(9)3-1-7(15-12)2-6-11(16)17/h1-6H,(H,16,17)/b6-2+. The molecule has 0 saturated carbocycles. The van der Waals surface area contributed by atoms with Crippen molar-refractivity contribution in [2.75, 3.05) is 0 Å². The number of hydrogen-bond donors (Lipinski definition) is 1. The molecule has 17 heavy (non-hydrogen) atoms. The molecule has 1 aromatic heterocycles. The average molecular weight is 268 g/mol. The highest BCUT2D eigenvalue weighted by atomic mass is 35.5. The number of carboxylic acid groups (broad SMARTS) is 1. The quantitative estimate of drug-likeness (QED) is 0.846. The third kappa shape index (κ3) is 2.57. The first-order valence-electron chi connectivity index (χ1n) is 4.73. The molecule has 0 aliphatic carbocycles. The minimum absolute atomic E-state index is 0.481. The minimum atomic E-state index is -1.02. The van der Waals surface area contributed by atoms with Gasteiger partial charge in [0.05, 0.1) is 21.3 Å². The second kappa shape index (κ2) is 4.73. The van der Waals surface area contributed by atoms with Crippen molar-refractivity contribution in [2.24, 2.45) is 0 Å². The number of aromatic nitrogens is 1. The first kappa shape index (κ1) is 11.9. The highest BCUT2D eigenvalue weighted by molar-refractivity contribution is 6.39. The highest BCUT2D eigenvalue weighted by Crippen LogP contribution is 2.28. The van der Waals surface area contributed by atoms with Crippen molar-refractivity contribution in [2.45, 2.75) is 0 Å². The second-order valence-electron chi connectivity index (χ2n) is 3.33. The second-order valence-corrected chi connectivity index (χ2v) is 4.15. The van der Waals surface area contributed by atoms with Gasteiger partial charge in [0.15, 0.2) is 0 Å². The van der Waals surface area contributed by atoms with E-state index >= 15 is 0 Å². The van der Waals surface area contributed by atoms with Crippen LogP contribution in [0.4, 0.5) is 0 Å². The number of benzene rings is 1. The molecule has 0 fully saturated rings. The van der Waals surface area contributed by atoms with Gasteiger partial charge in [0, 0.05) is 11.5 Å². The Morgan fingerprint density at radius 1 is 1.18 bits per heavy atom. The summed E-state index contributed by atoms with van der Waals surface area (Å²) in [5.74, 6) is -1.02. The molecule has 86 valence electrons. The van der Waals surface area contributed by atoms with Crippen LogP contribution in [0.1, 0.15) is 5.69 Å². The summed E-state index contributed by atoms with van der Waals surface area (Å²) in [7, 11) is 0. The predicted molar refractivity (Wildman–Crippen MR) is 68.4 cm³/mol. The molecule has 3 nitrogen and oxygen atoms in total. The predicted octanol–water partition coefficient (Wildman–Crippen LogP) is 3.64. The van der Waals surface area contributed by atoms with Crippen molar-refractivity contribution in [3.8, 4) is 0 Å². The maximum absolute atomic E-state index is 10.4. The largest absolute Gasteiger partial charge is 0.478 e. The number of carbonyl (C=O) groups is 1. The Kier molecular flexibility index (Phi) is 3.31. The number of nitrogens with zero attached hydrogens (tertiary/aromatic N) is 1. The molecule has 0 amide bonds. The summed E-state index contributed by atoms with van der Waals surface area (Å²) < 4.78 is 0. The van der Waals surface area contributed by atoms with Gasteiger partial charge in [-0.3, -0.25) is 0 Å². The molecule has 1 N–H and O–H groups in total. The van der Waals surface area contributed by atoms with Crippen LogP contribution >= 0.6 is 23.2 Å². The number of pyridine rings is 1. The molecular formula is C12H7Cl2NO2. The number of halogens is 2. The summed E-state index contributed by atoms with van der Waals surface area (Å²) in [6, 6.07) is 6.80. The zero-order chi connectivity index (χ0) is 12.4. The SMILES string of the molecule is O=C(O)/C=C/c1ccc2c(Cl)ccc(Cl)c2n1. The Morgan fingerprint density at radius 2 is 1.88 bits per heavy atom. The van der Waals surface area contributed by atoms with Gasteiger partial charge in [-0.2, -0.15) is 0 Å². The van der Waals surface area contributed by atoms with Gasteiger partial charge < -0.3 is 5.11 Å². The molecule has 2 aromatic rings. The van der Waals surface area contributed by atoms with Gasteiger partial charge in [-0.1, -0.05) is 23.2 Å². The van der Waals surface area contributed by atoms with E-state index in [-0.39, 0.29) is 0 Å². The summed E-state index contributed by atoms with van der Waals surface area (Å²) in [6.07, 6.45) is 2.42. The van der Waals surface area contributed by atoms with Crippen LogP contribution in [0.15, 0.2) is 30.3 Å². The molecule has 1 aromatic carbocycles. The molecular weight excluding hydrogens is 261 g/mol. The number of fused-ring (bicyclic) bond motifs is 1. The van der Waals surface area contributed by atoms with E-state index in [0.29, 0.717) is 21.3 Å². The van der Waals surface area contributed by atoms with Gasteiger partial charge in [0.25, 0.3) is 0 Å². The van der Waals surface area contributed by atoms with Gasteiger partial charge in [-0.05, 0) is 30.3 Å². The minimum Gasteiger partial charge on any atom is -0.478 e. The van der Waals surface area contributed by atoms with Crippen LogP contribution in [-0.4, -0.2) is 16.1 Å². The first-order chi connectivity index (χ1) is 8.08. The van der Waals surface area contributed by atoms with E-state index in [0.717, 1.165) is 11.5 Å². The van der Waals surface area contributed by atoms with Crippen molar-refractivity contribution in [3.05, 3.63) is 46.1 Å². The Balaban J connectivity index is 2.57. The normalized spacial score (nSPS) is 11.2. The summed E-state index contributed by atoms with van der Waals surface area (Å²) >= 11 is 12.0. The molecule has 5 heteroatoms. The molecule has 0 unspecified atom stereocenters. The molecule has 0 bridgehead atoms. The molecule has 0 aliphatic rings. The fourth-order valence-corrected chi connectivity index (χ4v) is 1.84. The van der Waals surface area contributed by atoms with Gasteiger partial charge in [0.1, 0.15) is 0 Å². The Hall–Kier alpha value is -1.58. The zero-order valence-corrected chi connectivity index (χ0v) is 10.0. The van der Waals surface area contributed by atoms with Crippen molar-refractivity contribution in [1.82, 2.24) is 4.98 Å². The van der Waals surface area contributed by atoms with Crippen molar-refractivity contribution in [3.63, 3.8) is 0 Å². The highest BCUT2D eigenvalue weighted by Gasteiger charge is 2.05. The van der Waals surface area contributed by atoms with Crippen LogP contribution in [0.5, 0.6) is 0 Å². The Bertz CT molecular complexity index is 623. The molecule has 0 atom stereocenters. The third-order valence-electron chi connectivity index (χ3n) is 2.17. The van der Waals surface area contributed by atoms with E-state index in [1.807, 2.05) is 0 Å². The zero-order valence-electron chi connectivity index (χ0n) is 8.52. The van der Waals surface area contributed by atoms with E-state index in [1.54, 1.807) is 24.3 Å². The van der Waals surface area contributed by atoms with Crippen LogP contribution in [0.3, 0.4) is 0 Å². The molecule has 2 rings (SSSR count). The van der Waals surface area contributed by atoms with Crippen LogP contribution in [-0.2, 0) is 4.79 Å². The lowest BCUT2D eigenvalue weighted by Crippen LogP contribution is -1.88. The lowest BCUT2D eigenvalue weighted by Gasteiger charge is -2.03. The van der Waals surface area contributed by atoms with Gasteiger partial charge >= 0.3 is 5.97 Å². The molecule has 0 saturated heterocycles. The van der Waals surface area contributed by atoms with Crippen molar-refractivity contribution >= 4 is 46.2 Å². The maximum Gasteiger partial charge on any atom is 0.328 e. The Morgan fingerprint density at radius 3 is 2.59 bits per heavy atom. The van der Waals surface area contributed by atoms with Crippen LogP contribution < -0.4 is 0 Å². The number of carboxylic acids is 1. The van der Waals surface area contributed by atoms with E-state index in [2.05, 4.69) is 4.98 Å². The molecule has 1 heterocycles. The van der Waals surface area contributed by atoms with E-state index in [4.69, 9.17) is 28.3 Å². The van der Waals surface area contributed by atoms with Gasteiger partial charge in [-0.25, -0.2) is 9.78 Å². The summed E-state index contributed by atoms with van der Waals surface area (Å²) in [5.41, 5.74) is 1.08. The molecule has 0 aliphatic heterocycles. The van der Waals surface area contributed by atoms with E-state index < -0.39 is 5.97 Å². The van der Waals surface area contributed by atoms with Crippen LogP contribution in [0.25, 0.3) is 17.0 Å². The van der Waals surface area contributed by atoms with Crippen molar-refractivity contribution < 1.29 is 9.90 Å². The fraction of sp³-hybridized carbons (Fsp3) is 0. The third-order valence-corrected chi connectivity index (χ3v) is 2.81. The molecule has 0 radical (unpaired) electrons. The monoisotopic (exact) mass is 267 g/mol. The average Bonchev–Trinajstić information content (AvgIpc) is 2.31.